The molecule has 1 heterocycles. The molecule has 1 aromatic heterocycles. The van der Waals surface area contributed by atoms with Crippen LogP contribution in [0.2, 0.25) is 0 Å². The molecule has 4 nitrogen and oxygen atoms in total. The second-order valence-electron chi connectivity index (χ2n) is 5.58. The summed E-state index contributed by atoms with van der Waals surface area (Å²) in [4.78, 5) is 6.29. The van der Waals surface area contributed by atoms with E-state index in [1.807, 2.05) is 20.2 Å². The van der Waals surface area contributed by atoms with Crippen molar-refractivity contribution in [2.75, 3.05) is 31.4 Å². The number of rotatable bonds is 3. The molecule has 0 spiro atoms. The number of hydrogen-bond acceptors (Lipinski definition) is 4. The van der Waals surface area contributed by atoms with E-state index >= 15 is 0 Å². The molecule has 0 saturated carbocycles. The highest BCUT2D eigenvalue weighted by Crippen LogP contribution is 2.30. The maximum atomic E-state index is 9.47. The summed E-state index contributed by atoms with van der Waals surface area (Å²) < 4.78 is 0. The van der Waals surface area contributed by atoms with E-state index in [9.17, 15) is 5.26 Å². The summed E-state index contributed by atoms with van der Waals surface area (Å²) >= 11 is 0. The zero-order valence-corrected chi connectivity index (χ0v) is 13.5. The van der Waals surface area contributed by atoms with Crippen molar-refractivity contribution in [3.63, 3.8) is 0 Å². The Hall–Kier alpha value is -3.06. The lowest BCUT2D eigenvalue weighted by atomic mass is 9.98. The van der Waals surface area contributed by atoms with Crippen molar-refractivity contribution in [1.29, 1.82) is 5.26 Å². The van der Waals surface area contributed by atoms with Crippen LogP contribution in [0.3, 0.4) is 0 Å². The van der Waals surface area contributed by atoms with Crippen LogP contribution >= 0.6 is 0 Å². The molecule has 4 heteroatoms. The first kappa shape index (κ1) is 14.9. The molecule has 0 radical (unpaired) electrons. The van der Waals surface area contributed by atoms with E-state index in [2.05, 4.69) is 57.7 Å². The average molecular weight is 302 g/mol. The molecule has 0 aliphatic rings. The number of nitrogens with zero attached hydrogens (tertiary/aromatic N) is 3. The Labute approximate surface area is 136 Å². The van der Waals surface area contributed by atoms with Gasteiger partial charge < -0.3 is 10.2 Å². The summed E-state index contributed by atoms with van der Waals surface area (Å²) in [6.45, 7) is 0. The van der Waals surface area contributed by atoms with E-state index in [1.54, 1.807) is 13.2 Å². The summed E-state index contributed by atoms with van der Waals surface area (Å²) in [7, 11) is 5.84. The quantitative estimate of drug-likeness (QED) is 0.797. The molecule has 0 amide bonds. The third-order valence-electron chi connectivity index (χ3n) is 3.95. The zero-order valence-electron chi connectivity index (χ0n) is 13.5. The van der Waals surface area contributed by atoms with Crippen molar-refractivity contribution in [3.05, 3.63) is 54.2 Å². The van der Waals surface area contributed by atoms with Crippen molar-refractivity contribution < 1.29 is 0 Å². The first-order chi connectivity index (χ1) is 11.1. The molecular formula is C19H18N4. The van der Waals surface area contributed by atoms with Crippen LogP contribution in [0, 0.1) is 11.3 Å². The largest absolute Gasteiger partial charge is 0.378 e. The Morgan fingerprint density at radius 2 is 1.78 bits per heavy atom. The Balaban J connectivity index is 2.15. The van der Waals surface area contributed by atoms with Gasteiger partial charge in [-0.3, -0.25) is 0 Å². The highest BCUT2D eigenvalue weighted by atomic mass is 15.1. The topological polar surface area (TPSA) is 52.0 Å². The van der Waals surface area contributed by atoms with Crippen LogP contribution in [0.4, 0.5) is 11.5 Å². The number of aromatic nitrogens is 1. The lowest BCUT2D eigenvalue weighted by Gasteiger charge is -2.14. The molecule has 114 valence electrons. The maximum absolute atomic E-state index is 9.47. The SMILES string of the molecule is CNc1nccc(-c2ccc3cc(N(C)C)ccc3c2)c1C#N. The van der Waals surface area contributed by atoms with Gasteiger partial charge in [0.25, 0.3) is 0 Å². The summed E-state index contributed by atoms with van der Waals surface area (Å²) in [5.41, 5.74) is 3.65. The van der Waals surface area contributed by atoms with E-state index in [1.165, 1.54) is 11.1 Å². The van der Waals surface area contributed by atoms with Crippen molar-refractivity contribution in [1.82, 2.24) is 4.98 Å². The minimum atomic E-state index is 0.569. The van der Waals surface area contributed by atoms with Crippen LogP contribution in [-0.4, -0.2) is 26.1 Å². The van der Waals surface area contributed by atoms with Gasteiger partial charge in [-0.15, -0.1) is 0 Å². The smallest absolute Gasteiger partial charge is 0.144 e. The summed E-state index contributed by atoms with van der Waals surface area (Å²) in [6, 6.07) is 16.8. The van der Waals surface area contributed by atoms with Crippen LogP contribution in [0.1, 0.15) is 5.56 Å². The second kappa shape index (κ2) is 5.98. The number of anilines is 2. The molecule has 2 aromatic carbocycles. The van der Waals surface area contributed by atoms with Gasteiger partial charge in [0.05, 0.1) is 0 Å². The molecule has 23 heavy (non-hydrogen) atoms. The molecule has 0 aliphatic heterocycles. The number of nitrogens with one attached hydrogen (secondary N) is 1. The molecule has 0 bridgehead atoms. The summed E-state index contributed by atoms with van der Waals surface area (Å²) in [5, 5.41) is 14.8. The Bertz CT molecular complexity index is 907. The average Bonchev–Trinajstić information content (AvgIpc) is 2.59. The van der Waals surface area contributed by atoms with E-state index in [4.69, 9.17) is 0 Å². The highest BCUT2D eigenvalue weighted by molar-refractivity contribution is 5.91. The van der Waals surface area contributed by atoms with Crippen LogP contribution in [0.5, 0.6) is 0 Å². The Morgan fingerprint density at radius 1 is 1.04 bits per heavy atom. The van der Waals surface area contributed by atoms with E-state index in [0.717, 1.165) is 16.5 Å². The number of benzene rings is 2. The number of fused-ring (bicyclic) bond motifs is 1. The van der Waals surface area contributed by atoms with Gasteiger partial charge in [0.15, 0.2) is 0 Å². The van der Waals surface area contributed by atoms with Gasteiger partial charge in [-0.2, -0.15) is 5.26 Å². The van der Waals surface area contributed by atoms with Gasteiger partial charge in [0, 0.05) is 38.6 Å². The van der Waals surface area contributed by atoms with Gasteiger partial charge >= 0.3 is 0 Å². The molecule has 3 rings (SSSR count). The lowest BCUT2D eigenvalue weighted by molar-refractivity contribution is 1.14. The van der Waals surface area contributed by atoms with Crippen LogP contribution in [0.15, 0.2) is 48.7 Å². The number of nitriles is 1. The van der Waals surface area contributed by atoms with E-state index < -0.39 is 0 Å². The lowest BCUT2D eigenvalue weighted by Crippen LogP contribution is -2.07. The first-order valence-electron chi connectivity index (χ1n) is 7.42. The van der Waals surface area contributed by atoms with Gasteiger partial charge in [0.2, 0.25) is 0 Å². The third kappa shape index (κ3) is 2.69. The third-order valence-corrected chi connectivity index (χ3v) is 3.95. The van der Waals surface area contributed by atoms with Gasteiger partial charge in [-0.05, 0) is 40.6 Å². The number of hydrogen-bond donors (Lipinski definition) is 1. The fraction of sp³-hybridized carbons (Fsp3) is 0.158. The van der Waals surface area contributed by atoms with Gasteiger partial charge in [-0.1, -0.05) is 18.2 Å². The summed E-state index contributed by atoms with van der Waals surface area (Å²) in [6.07, 6.45) is 1.72. The minimum Gasteiger partial charge on any atom is -0.378 e. The van der Waals surface area contributed by atoms with Crippen molar-refractivity contribution in [2.24, 2.45) is 0 Å². The van der Waals surface area contributed by atoms with E-state index in [-0.39, 0.29) is 0 Å². The molecule has 0 aliphatic carbocycles. The van der Waals surface area contributed by atoms with Crippen LogP contribution in [0.25, 0.3) is 21.9 Å². The molecule has 0 saturated heterocycles. The Kier molecular flexibility index (Phi) is 3.86. The molecule has 0 atom stereocenters. The normalized spacial score (nSPS) is 10.3. The zero-order chi connectivity index (χ0) is 16.4. The minimum absolute atomic E-state index is 0.569. The second-order valence-corrected chi connectivity index (χ2v) is 5.58. The molecule has 0 unspecified atom stereocenters. The molecule has 3 aromatic rings. The first-order valence-corrected chi connectivity index (χ1v) is 7.42. The van der Waals surface area contributed by atoms with Gasteiger partial charge in [0.1, 0.15) is 17.5 Å². The maximum Gasteiger partial charge on any atom is 0.144 e. The van der Waals surface area contributed by atoms with Crippen LogP contribution < -0.4 is 10.2 Å². The Morgan fingerprint density at radius 3 is 2.48 bits per heavy atom. The predicted octanol–water partition coefficient (Wildman–Crippen LogP) is 3.88. The molecular weight excluding hydrogens is 284 g/mol. The summed E-state index contributed by atoms with van der Waals surface area (Å²) in [5.74, 6) is 0.605. The molecule has 0 fully saturated rings. The predicted molar refractivity (Wildman–Crippen MR) is 95.8 cm³/mol. The fourth-order valence-corrected chi connectivity index (χ4v) is 2.68. The van der Waals surface area contributed by atoms with Crippen LogP contribution in [-0.2, 0) is 0 Å². The van der Waals surface area contributed by atoms with Crippen molar-refractivity contribution in [3.8, 4) is 17.2 Å². The number of pyridine rings is 1. The standard InChI is InChI=1S/C19H18N4/c1-21-19-18(12-20)17(8-9-22-19)15-5-4-14-11-16(23(2)3)7-6-13(14)10-15/h4-11H,1-3H3,(H,21,22). The highest BCUT2D eigenvalue weighted by Gasteiger charge is 2.11. The van der Waals surface area contributed by atoms with Gasteiger partial charge in [-0.25, -0.2) is 4.98 Å². The molecule has 1 N–H and O–H groups in total. The van der Waals surface area contributed by atoms with E-state index in [0.29, 0.717) is 11.4 Å². The van der Waals surface area contributed by atoms with Crippen molar-refractivity contribution >= 4 is 22.3 Å². The monoisotopic (exact) mass is 302 g/mol. The van der Waals surface area contributed by atoms with Crippen molar-refractivity contribution in [2.45, 2.75) is 0 Å². The fourth-order valence-electron chi connectivity index (χ4n) is 2.68.